The highest BCUT2D eigenvalue weighted by Gasteiger charge is 2.32. The summed E-state index contributed by atoms with van der Waals surface area (Å²) in [5, 5.41) is 0.119. The Morgan fingerprint density at radius 1 is 1.13 bits per heavy atom. The maximum atomic E-state index is 14.9. The summed E-state index contributed by atoms with van der Waals surface area (Å²) in [6.07, 6.45) is 8.50. The normalized spacial score (nSPS) is 19.1. The summed E-state index contributed by atoms with van der Waals surface area (Å²) < 4.78 is 37.2. The van der Waals surface area contributed by atoms with Crippen LogP contribution in [0, 0.1) is 11.6 Å². The molecule has 6 rings (SSSR count). The number of hydrogen-bond acceptors (Lipinski definition) is 7. The Morgan fingerprint density at radius 3 is 2.76 bits per heavy atom. The summed E-state index contributed by atoms with van der Waals surface area (Å²) in [5.41, 5.74) is 7.84. The lowest BCUT2D eigenvalue weighted by atomic mass is 10.0. The van der Waals surface area contributed by atoms with Crippen LogP contribution in [0.15, 0.2) is 66.0 Å². The smallest absolute Gasteiger partial charge is 0.202 e. The lowest BCUT2D eigenvalue weighted by molar-refractivity contribution is 0.0728. The van der Waals surface area contributed by atoms with Gasteiger partial charge in [-0.25, -0.2) is 9.37 Å². The first-order valence-electron chi connectivity index (χ1n) is 12.7. The van der Waals surface area contributed by atoms with Gasteiger partial charge >= 0.3 is 0 Å². The van der Waals surface area contributed by atoms with Gasteiger partial charge in [0.2, 0.25) is 5.82 Å². The Bertz CT molecular complexity index is 1510. The molecule has 0 bridgehead atoms. The van der Waals surface area contributed by atoms with E-state index in [1.807, 2.05) is 18.2 Å². The fourth-order valence-electron chi connectivity index (χ4n) is 5.56. The molecule has 0 aliphatic carbocycles. The Labute approximate surface area is 218 Å². The number of nitrogens with zero attached hydrogens (tertiary/aromatic N) is 5. The van der Waals surface area contributed by atoms with E-state index in [-0.39, 0.29) is 22.6 Å². The number of rotatable bonds is 6. The quantitative estimate of drug-likeness (QED) is 0.417. The lowest BCUT2D eigenvalue weighted by Crippen LogP contribution is -2.51. The van der Waals surface area contributed by atoms with Gasteiger partial charge in [-0.2, -0.15) is 4.39 Å². The minimum absolute atomic E-state index is 0.119. The van der Waals surface area contributed by atoms with Crippen molar-refractivity contribution >= 4 is 22.4 Å². The van der Waals surface area contributed by atoms with Crippen LogP contribution in [0.3, 0.4) is 0 Å². The molecule has 10 heteroatoms. The number of nitrogen functional groups attached to an aromatic ring is 1. The second-order valence-electron chi connectivity index (χ2n) is 9.94. The molecule has 0 amide bonds. The maximum Gasteiger partial charge on any atom is 0.202 e. The van der Waals surface area contributed by atoms with E-state index in [9.17, 15) is 13.6 Å². The van der Waals surface area contributed by atoms with Crippen LogP contribution in [0.1, 0.15) is 18.4 Å². The molecule has 2 aliphatic heterocycles. The SMILES string of the molecule is Nc1ccc(N2CCCC(N(Cc3ccncc3)CC3Cn4ccc(=O)c5cc(F)c(F)c(c54)O3)C2)cn1. The number of benzene rings is 1. The predicted molar refractivity (Wildman–Crippen MR) is 141 cm³/mol. The first-order valence-corrected chi connectivity index (χ1v) is 12.7. The van der Waals surface area contributed by atoms with E-state index in [1.165, 1.54) is 6.07 Å². The van der Waals surface area contributed by atoms with Crippen molar-refractivity contribution in [2.24, 2.45) is 0 Å². The number of pyridine rings is 3. The predicted octanol–water partition coefficient (Wildman–Crippen LogP) is 3.58. The lowest BCUT2D eigenvalue weighted by Gasteiger charge is -2.42. The van der Waals surface area contributed by atoms with Gasteiger partial charge < -0.3 is 19.9 Å². The van der Waals surface area contributed by atoms with Gasteiger partial charge in [0.05, 0.1) is 29.3 Å². The Hall–Kier alpha value is -4.05. The summed E-state index contributed by atoms with van der Waals surface area (Å²) in [4.78, 5) is 25.4. The molecular formula is C28H28F2N6O2. The second-order valence-corrected chi connectivity index (χ2v) is 9.94. The van der Waals surface area contributed by atoms with Gasteiger partial charge in [0.25, 0.3) is 0 Å². The van der Waals surface area contributed by atoms with E-state index in [0.29, 0.717) is 31.0 Å². The number of ether oxygens (including phenoxy) is 1. The van der Waals surface area contributed by atoms with Crippen LogP contribution in [-0.4, -0.2) is 51.2 Å². The van der Waals surface area contributed by atoms with Gasteiger partial charge in [-0.3, -0.25) is 14.7 Å². The molecule has 0 spiro atoms. The zero-order chi connectivity index (χ0) is 26.2. The van der Waals surface area contributed by atoms with E-state index >= 15 is 0 Å². The summed E-state index contributed by atoms with van der Waals surface area (Å²) in [6.45, 7) is 3.26. The Balaban J connectivity index is 1.29. The van der Waals surface area contributed by atoms with Crippen LogP contribution in [0.25, 0.3) is 10.9 Å². The molecule has 1 saturated heterocycles. The molecule has 0 radical (unpaired) electrons. The van der Waals surface area contributed by atoms with Crippen molar-refractivity contribution < 1.29 is 13.5 Å². The third-order valence-corrected chi connectivity index (χ3v) is 7.42. The second kappa shape index (κ2) is 10.0. The van der Waals surface area contributed by atoms with E-state index in [1.54, 1.807) is 35.4 Å². The van der Waals surface area contributed by atoms with Crippen LogP contribution >= 0.6 is 0 Å². The highest BCUT2D eigenvalue weighted by Crippen LogP contribution is 2.34. The number of nitrogens with two attached hydrogens (primary N) is 1. The minimum atomic E-state index is -1.09. The van der Waals surface area contributed by atoms with Crippen molar-refractivity contribution in [3.63, 3.8) is 0 Å². The average Bonchev–Trinajstić information content (AvgIpc) is 2.94. The number of anilines is 2. The topological polar surface area (TPSA) is 89.5 Å². The molecule has 196 valence electrons. The number of hydrogen-bond donors (Lipinski definition) is 1. The average molecular weight is 519 g/mol. The summed E-state index contributed by atoms with van der Waals surface area (Å²) >= 11 is 0. The van der Waals surface area contributed by atoms with Gasteiger partial charge in [-0.15, -0.1) is 0 Å². The molecule has 2 unspecified atom stereocenters. The molecule has 1 aromatic carbocycles. The van der Waals surface area contributed by atoms with Crippen molar-refractivity contribution in [1.82, 2.24) is 19.4 Å². The van der Waals surface area contributed by atoms with Crippen molar-refractivity contribution in [2.45, 2.75) is 38.1 Å². The Morgan fingerprint density at radius 2 is 1.97 bits per heavy atom. The molecule has 2 aliphatic rings. The third-order valence-electron chi connectivity index (χ3n) is 7.42. The maximum absolute atomic E-state index is 14.9. The van der Waals surface area contributed by atoms with Crippen LogP contribution in [0.4, 0.5) is 20.3 Å². The molecular weight excluding hydrogens is 490 g/mol. The van der Waals surface area contributed by atoms with Crippen LogP contribution in [-0.2, 0) is 13.1 Å². The Kier molecular flexibility index (Phi) is 6.40. The van der Waals surface area contributed by atoms with Gasteiger partial charge in [0, 0.05) is 56.9 Å². The zero-order valence-corrected chi connectivity index (χ0v) is 20.8. The molecule has 0 saturated carbocycles. The molecule has 38 heavy (non-hydrogen) atoms. The summed E-state index contributed by atoms with van der Waals surface area (Å²) in [6, 6.07) is 10.3. The molecule has 8 nitrogen and oxygen atoms in total. The molecule has 2 N–H and O–H groups in total. The molecule has 2 atom stereocenters. The van der Waals surface area contributed by atoms with Crippen LogP contribution in [0.2, 0.25) is 0 Å². The number of aromatic nitrogens is 3. The van der Waals surface area contributed by atoms with E-state index < -0.39 is 17.7 Å². The van der Waals surface area contributed by atoms with Crippen molar-refractivity contribution in [1.29, 1.82) is 0 Å². The summed E-state index contributed by atoms with van der Waals surface area (Å²) in [7, 11) is 0. The van der Waals surface area contributed by atoms with Gasteiger partial charge in [-0.05, 0) is 48.7 Å². The van der Waals surface area contributed by atoms with Crippen molar-refractivity contribution in [2.75, 3.05) is 30.3 Å². The monoisotopic (exact) mass is 518 g/mol. The van der Waals surface area contributed by atoms with Gasteiger partial charge in [0.15, 0.2) is 17.0 Å². The van der Waals surface area contributed by atoms with Gasteiger partial charge in [-0.1, -0.05) is 0 Å². The molecule has 5 heterocycles. The first kappa shape index (κ1) is 24.3. The fraction of sp³-hybridized carbons (Fsp3) is 0.321. The van der Waals surface area contributed by atoms with E-state index in [4.69, 9.17) is 10.5 Å². The van der Waals surface area contributed by atoms with Crippen LogP contribution in [0.5, 0.6) is 5.75 Å². The largest absolute Gasteiger partial charge is 0.482 e. The number of piperidine rings is 1. The molecule has 3 aromatic heterocycles. The summed E-state index contributed by atoms with van der Waals surface area (Å²) in [5.74, 6) is -1.87. The van der Waals surface area contributed by atoms with Crippen molar-refractivity contribution in [3.8, 4) is 5.75 Å². The van der Waals surface area contributed by atoms with Gasteiger partial charge in [0.1, 0.15) is 11.9 Å². The third kappa shape index (κ3) is 4.67. The first-order chi connectivity index (χ1) is 18.5. The number of halogens is 2. The zero-order valence-electron chi connectivity index (χ0n) is 20.8. The highest BCUT2D eigenvalue weighted by molar-refractivity contribution is 5.85. The molecule has 1 fully saturated rings. The van der Waals surface area contributed by atoms with Crippen molar-refractivity contribution in [3.05, 3.63) is 88.6 Å². The standard InChI is InChI=1S/C28H28F2N6O2/c29-23-12-22-24(37)7-11-35-16-21(38-28(26(23)30)27(22)35)17-36(14-18-5-8-32-9-6-18)20-2-1-10-34(15-20)19-3-4-25(31)33-13-19/h3-9,11-13,20-21H,1-2,10,14-17H2,(H2,31,33). The highest BCUT2D eigenvalue weighted by atomic mass is 19.2. The molecule has 4 aromatic rings. The van der Waals surface area contributed by atoms with Crippen LogP contribution < -0.4 is 20.8 Å². The van der Waals surface area contributed by atoms with E-state index in [2.05, 4.69) is 19.8 Å². The minimum Gasteiger partial charge on any atom is -0.482 e. The fourth-order valence-corrected chi connectivity index (χ4v) is 5.56. The van der Waals surface area contributed by atoms with E-state index in [0.717, 1.165) is 43.2 Å².